The average Bonchev–Trinajstić information content (AvgIpc) is 2.46. The molecule has 0 aliphatic carbocycles. The summed E-state index contributed by atoms with van der Waals surface area (Å²) in [6, 6.07) is 5.65. The highest BCUT2D eigenvalue weighted by Gasteiger charge is 2.06. The van der Waals surface area contributed by atoms with Gasteiger partial charge < -0.3 is 10.4 Å². The molecule has 102 valence electrons. The van der Waals surface area contributed by atoms with Crippen molar-refractivity contribution >= 4 is 17.5 Å². The minimum atomic E-state index is -1.03. The van der Waals surface area contributed by atoms with Crippen LogP contribution in [0.3, 0.4) is 0 Å². The molecule has 0 atom stereocenters. The largest absolute Gasteiger partial charge is 0.478 e. The summed E-state index contributed by atoms with van der Waals surface area (Å²) in [6.45, 7) is 0.270. The SMILES string of the molecule is O=C(O)c1ccnc(CNc2ccc([N+](=O)[O-])cn2)c1. The van der Waals surface area contributed by atoms with Crippen LogP contribution in [-0.2, 0) is 6.54 Å². The van der Waals surface area contributed by atoms with Crippen molar-refractivity contribution in [3.05, 3.63) is 58.0 Å². The molecule has 2 N–H and O–H groups in total. The van der Waals surface area contributed by atoms with E-state index in [4.69, 9.17) is 5.11 Å². The minimum Gasteiger partial charge on any atom is -0.478 e. The fourth-order valence-corrected chi connectivity index (χ4v) is 1.49. The fraction of sp³-hybridized carbons (Fsp3) is 0.0833. The van der Waals surface area contributed by atoms with Crippen LogP contribution in [0.4, 0.5) is 11.5 Å². The third-order valence-electron chi connectivity index (χ3n) is 2.47. The molecule has 2 heterocycles. The van der Waals surface area contributed by atoms with Crippen molar-refractivity contribution in [2.24, 2.45) is 0 Å². The molecule has 2 rings (SSSR count). The molecule has 0 aliphatic rings. The monoisotopic (exact) mass is 274 g/mol. The quantitative estimate of drug-likeness (QED) is 0.629. The van der Waals surface area contributed by atoms with E-state index in [1.165, 1.54) is 30.5 Å². The van der Waals surface area contributed by atoms with Crippen molar-refractivity contribution in [3.63, 3.8) is 0 Å². The zero-order valence-electron chi connectivity index (χ0n) is 10.2. The Bertz CT molecular complexity index is 642. The molecule has 0 aliphatic heterocycles. The van der Waals surface area contributed by atoms with Gasteiger partial charge in [0.1, 0.15) is 12.0 Å². The highest BCUT2D eigenvalue weighted by atomic mass is 16.6. The number of rotatable bonds is 5. The number of carboxylic acid groups (broad SMARTS) is 1. The van der Waals surface area contributed by atoms with Gasteiger partial charge in [-0.25, -0.2) is 9.78 Å². The van der Waals surface area contributed by atoms with Crippen molar-refractivity contribution in [1.82, 2.24) is 9.97 Å². The first-order chi connectivity index (χ1) is 9.56. The number of nitro groups is 1. The van der Waals surface area contributed by atoms with Crippen molar-refractivity contribution in [2.45, 2.75) is 6.54 Å². The van der Waals surface area contributed by atoms with Crippen LogP contribution in [0, 0.1) is 10.1 Å². The van der Waals surface area contributed by atoms with E-state index in [1.807, 2.05) is 0 Å². The summed E-state index contributed by atoms with van der Waals surface area (Å²) in [6.07, 6.45) is 2.55. The maximum atomic E-state index is 10.8. The van der Waals surface area contributed by atoms with Gasteiger partial charge >= 0.3 is 5.97 Å². The molecular weight excluding hydrogens is 264 g/mol. The number of carbonyl (C=O) groups is 1. The van der Waals surface area contributed by atoms with Crippen molar-refractivity contribution in [3.8, 4) is 0 Å². The molecule has 0 spiro atoms. The van der Waals surface area contributed by atoms with Gasteiger partial charge in [-0.2, -0.15) is 0 Å². The van der Waals surface area contributed by atoms with Crippen LogP contribution in [0.5, 0.6) is 0 Å². The number of hydrogen-bond acceptors (Lipinski definition) is 6. The summed E-state index contributed by atoms with van der Waals surface area (Å²) in [5.41, 5.74) is 0.583. The van der Waals surface area contributed by atoms with Gasteiger partial charge in [0.05, 0.1) is 22.7 Å². The van der Waals surface area contributed by atoms with Crippen molar-refractivity contribution in [1.29, 1.82) is 0 Å². The maximum Gasteiger partial charge on any atom is 0.335 e. The number of pyridine rings is 2. The van der Waals surface area contributed by atoms with Gasteiger partial charge in [-0.1, -0.05) is 0 Å². The smallest absolute Gasteiger partial charge is 0.335 e. The highest BCUT2D eigenvalue weighted by Crippen LogP contribution is 2.12. The van der Waals surface area contributed by atoms with Gasteiger partial charge in [0, 0.05) is 12.3 Å². The van der Waals surface area contributed by atoms with Crippen LogP contribution < -0.4 is 5.32 Å². The molecule has 0 saturated carbocycles. The lowest BCUT2D eigenvalue weighted by molar-refractivity contribution is -0.385. The molecule has 8 nitrogen and oxygen atoms in total. The van der Waals surface area contributed by atoms with Gasteiger partial charge in [-0.05, 0) is 18.2 Å². The van der Waals surface area contributed by atoms with E-state index in [1.54, 1.807) is 0 Å². The Morgan fingerprint density at radius 1 is 1.35 bits per heavy atom. The molecule has 8 heteroatoms. The zero-order chi connectivity index (χ0) is 14.5. The second kappa shape index (κ2) is 5.74. The van der Waals surface area contributed by atoms with E-state index < -0.39 is 10.9 Å². The van der Waals surface area contributed by atoms with Gasteiger partial charge in [-0.15, -0.1) is 0 Å². The molecule has 0 aromatic carbocycles. The molecule has 0 unspecified atom stereocenters. The Labute approximate surface area is 113 Å². The number of nitrogens with zero attached hydrogens (tertiary/aromatic N) is 3. The summed E-state index contributed by atoms with van der Waals surface area (Å²) in [7, 11) is 0. The normalized spacial score (nSPS) is 10.0. The molecule has 0 saturated heterocycles. The first-order valence-electron chi connectivity index (χ1n) is 5.59. The maximum absolute atomic E-state index is 10.8. The summed E-state index contributed by atoms with van der Waals surface area (Å²) < 4.78 is 0. The number of aromatic carboxylic acids is 1. The number of nitrogens with one attached hydrogen (secondary N) is 1. The number of aromatic nitrogens is 2. The van der Waals surface area contributed by atoms with Crippen LogP contribution in [0.15, 0.2) is 36.7 Å². The molecule has 0 bridgehead atoms. The average molecular weight is 274 g/mol. The van der Waals surface area contributed by atoms with Crippen LogP contribution in [0.1, 0.15) is 16.1 Å². The second-order valence-electron chi connectivity index (χ2n) is 3.85. The van der Waals surface area contributed by atoms with E-state index in [0.29, 0.717) is 11.5 Å². The summed E-state index contributed by atoms with van der Waals surface area (Å²) in [4.78, 5) is 28.6. The van der Waals surface area contributed by atoms with Crippen LogP contribution in [0.2, 0.25) is 0 Å². The van der Waals surface area contributed by atoms with Crippen LogP contribution >= 0.6 is 0 Å². The Hall–Kier alpha value is -3.03. The standard InChI is InChI=1S/C12H10N4O4/c17-12(18)8-3-4-13-9(5-8)6-14-11-2-1-10(7-15-11)16(19)20/h1-5,7H,6H2,(H,14,15)(H,17,18). The van der Waals surface area contributed by atoms with Gasteiger partial charge in [0.25, 0.3) is 5.69 Å². The topological polar surface area (TPSA) is 118 Å². The third kappa shape index (κ3) is 3.25. The highest BCUT2D eigenvalue weighted by molar-refractivity contribution is 5.87. The number of carboxylic acids is 1. The lowest BCUT2D eigenvalue weighted by atomic mass is 10.2. The molecule has 0 fully saturated rings. The molecule has 20 heavy (non-hydrogen) atoms. The van der Waals surface area contributed by atoms with E-state index in [2.05, 4.69) is 15.3 Å². The summed E-state index contributed by atoms with van der Waals surface area (Å²) in [5, 5.41) is 22.2. The van der Waals surface area contributed by atoms with Gasteiger partial charge in [-0.3, -0.25) is 15.1 Å². The van der Waals surface area contributed by atoms with Crippen molar-refractivity contribution in [2.75, 3.05) is 5.32 Å². The van der Waals surface area contributed by atoms with Gasteiger partial charge in [0.2, 0.25) is 0 Å². The minimum absolute atomic E-state index is 0.0958. The first kappa shape index (κ1) is 13.4. The molecule has 0 radical (unpaired) electrons. The molecule has 0 amide bonds. The van der Waals surface area contributed by atoms with E-state index in [-0.39, 0.29) is 17.8 Å². The predicted octanol–water partition coefficient (Wildman–Crippen LogP) is 1.70. The van der Waals surface area contributed by atoms with Crippen molar-refractivity contribution < 1.29 is 14.8 Å². The zero-order valence-corrected chi connectivity index (χ0v) is 10.2. The summed E-state index contributed by atoms with van der Waals surface area (Å²) >= 11 is 0. The molecular formula is C12H10N4O4. The molecule has 2 aromatic heterocycles. The Kier molecular flexibility index (Phi) is 3.85. The van der Waals surface area contributed by atoms with Crippen LogP contribution in [-0.4, -0.2) is 26.0 Å². The van der Waals surface area contributed by atoms with Crippen LogP contribution in [0.25, 0.3) is 0 Å². The second-order valence-corrected chi connectivity index (χ2v) is 3.85. The number of hydrogen-bond donors (Lipinski definition) is 2. The van der Waals surface area contributed by atoms with Gasteiger partial charge in [0.15, 0.2) is 0 Å². The first-order valence-corrected chi connectivity index (χ1v) is 5.59. The lowest BCUT2D eigenvalue weighted by Crippen LogP contribution is -2.05. The number of anilines is 1. The van der Waals surface area contributed by atoms with E-state index in [9.17, 15) is 14.9 Å². The van der Waals surface area contributed by atoms with E-state index >= 15 is 0 Å². The Morgan fingerprint density at radius 2 is 2.15 bits per heavy atom. The van der Waals surface area contributed by atoms with E-state index in [0.717, 1.165) is 6.20 Å². The summed E-state index contributed by atoms with van der Waals surface area (Å²) in [5.74, 6) is -0.583. The Morgan fingerprint density at radius 3 is 2.75 bits per heavy atom. The fourth-order valence-electron chi connectivity index (χ4n) is 1.49. The molecule has 2 aromatic rings. The lowest BCUT2D eigenvalue weighted by Gasteiger charge is -2.05. The predicted molar refractivity (Wildman–Crippen MR) is 69.4 cm³/mol. The third-order valence-corrected chi connectivity index (χ3v) is 2.47. The Balaban J connectivity index is 2.03.